The van der Waals surface area contributed by atoms with E-state index in [1.54, 1.807) is 24.7 Å². The first-order chi connectivity index (χ1) is 10.6. The molecule has 0 aliphatic carbocycles. The number of rotatable bonds is 7. The zero-order valence-corrected chi connectivity index (χ0v) is 13.2. The fourth-order valence-electron chi connectivity index (χ4n) is 1.47. The van der Waals surface area contributed by atoms with Gasteiger partial charge in [0, 0.05) is 50.4 Å². The Kier molecular flexibility index (Phi) is 5.90. The Morgan fingerprint density at radius 2 is 2.14 bits per heavy atom. The lowest BCUT2D eigenvalue weighted by Gasteiger charge is -2.08. The predicted octanol–water partition coefficient (Wildman–Crippen LogP) is 0.582. The summed E-state index contributed by atoms with van der Waals surface area (Å²) in [4.78, 5) is 21.8. The first-order valence-electron chi connectivity index (χ1n) is 6.59. The third-order valence-corrected chi connectivity index (χ3v) is 3.43. The topological polar surface area (TPSA) is 99.7 Å². The molecule has 9 heteroatoms. The van der Waals surface area contributed by atoms with Crippen LogP contribution in [0.15, 0.2) is 29.7 Å². The Morgan fingerprint density at radius 3 is 2.77 bits per heavy atom. The molecule has 0 radical (unpaired) electrons. The van der Waals surface area contributed by atoms with Crippen molar-refractivity contribution in [2.24, 2.45) is 0 Å². The molecule has 0 atom stereocenters. The molecule has 0 fully saturated rings. The molecule has 1 amide bonds. The van der Waals surface area contributed by atoms with E-state index in [1.807, 2.05) is 19.0 Å². The molecule has 0 aliphatic heterocycles. The molecular weight excluding hydrogens is 302 g/mol. The molecule has 0 unspecified atom stereocenters. The lowest BCUT2D eigenvalue weighted by atomic mass is 10.3. The second kappa shape index (κ2) is 8.13. The highest BCUT2D eigenvalue weighted by Crippen LogP contribution is 2.10. The highest BCUT2D eigenvalue weighted by molar-refractivity contribution is 7.99. The predicted molar refractivity (Wildman–Crippen MR) is 85.5 cm³/mol. The number of amides is 1. The molecule has 2 heterocycles. The molecule has 8 nitrogen and oxygen atoms in total. The maximum absolute atomic E-state index is 11.7. The molecule has 0 bridgehead atoms. The van der Waals surface area contributed by atoms with E-state index in [9.17, 15) is 4.79 Å². The SMILES string of the molecule is CN(C)c1ncc(C=CC(=O)NCCSc2cn[nH]n2)cn1. The summed E-state index contributed by atoms with van der Waals surface area (Å²) in [5.41, 5.74) is 0.776. The van der Waals surface area contributed by atoms with Crippen LogP contribution in [0, 0.1) is 0 Å². The van der Waals surface area contributed by atoms with Crippen molar-refractivity contribution in [3.05, 3.63) is 30.2 Å². The van der Waals surface area contributed by atoms with Gasteiger partial charge in [-0.1, -0.05) is 0 Å². The zero-order valence-electron chi connectivity index (χ0n) is 12.4. The van der Waals surface area contributed by atoms with E-state index in [-0.39, 0.29) is 5.91 Å². The minimum atomic E-state index is -0.155. The van der Waals surface area contributed by atoms with Crippen LogP contribution in [-0.2, 0) is 4.79 Å². The van der Waals surface area contributed by atoms with Gasteiger partial charge in [-0.25, -0.2) is 9.97 Å². The average molecular weight is 319 g/mol. The quantitative estimate of drug-likeness (QED) is 0.437. The van der Waals surface area contributed by atoms with Crippen LogP contribution in [0.3, 0.4) is 0 Å². The summed E-state index contributed by atoms with van der Waals surface area (Å²) < 4.78 is 0. The van der Waals surface area contributed by atoms with Crippen LogP contribution < -0.4 is 10.2 Å². The van der Waals surface area contributed by atoms with Gasteiger partial charge in [0.05, 0.1) is 6.20 Å². The van der Waals surface area contributed by atoms with Gasteiger partial charge in [-0.2, -0.15) is 10.3 Å². The number of H-pyrrole nitrogens is 1. The molecule has 22 heavy (non-hydrogen) atoms. The monoisotopic (exact) mass is 319 g/mol. The van der Waals surface area contributed by atoms with Crippen LogP contribution in [0.1, 0.15) is 5.56 Å². The number of thioether (sulfide) groups is 1. The van der Waals surface area contributed by atoms with Crippen molar-refractivity contribution in [1.82, 2.24) is 30.7 Å². The van der Waals surface area contributed by atoms with E-state index < -0.39 is 0 Å². The fourth-order valence-corrected chi connectivity index (χ4v) is 2.12. The highest BCUT2D eigenvalue weighted by Gasteiger charge is 2.00. The van der Waals surface area contributed by atoms with Crippen molar-refractivity contribution in [3.63, 3.8) is 0 Å². The van der Waals surface area contributed by atoms with Crippen molar-refractivity contribution in [2.75, 3.05) is 31.3 Å². The van der Waals surface area contributed by atoms with Gasteiger partial charge in [-0.15, -0.1) is 16.9 Å². The molecule has 0 saturated heterocycles. The largest absolute Gasteiger partial charge is 0.352 e. The maximum Gasteiger partial charge on any atom is 0.244 e. The van der Waals surface area contributed by atoms with E-state index in [2.05, 4.69) is 30.7 Å². The van der Waals surface area contributed by atoms with Gasteiger partial charge in [0.1, 0.15) is 5.03 Å². The number of hydrogen-bond acceptors (Lipinski definition) is 7. The van der Waals surface area contributed by atoms with Crippen LogP contribution in [0.2, 0.25) is 0 Å². The molecule has 2 N–H and O–H groups in total. The molecule has 0 aliphatic rings. The zero-order chi connectivity index (χ0) is 15.8. The van der Waals surface area contributed by atoms with Gasteiger partial charge in [0.15, 0.2) is 0 Å². The second-order valence-electron chi connectivity index (χ2n) is 4.49. The molecule has 2 aromatic rings. The number of aromatic nitrogens is 5. The first kappa shape index (κ1) is 16.0. The Hall–Kier alpha value is -2.42. The van der Waals surface area contributed by atoms with Crippen LogP contribution >= 0.6 is 11.8 Å². The standard InChI is InChI=1S/C13H17N7OS/c1-20(2)13-15-7-10(8-16-13)3-4-11(21)14-5-6-22-12-9-17-19-18-12/h3-4,7-9H,5-6H2,1-2H3,(H,14,21)(H,17,18,19). The van der Waals surface area contributed by atoms with Crippen molar-refractivity contribution in [3.8, 4) is 0 Å². The summed E-state index contributed by atoms with van der Waals surface area (Å²) in [7, 11) is 3.74. The van der Waals surface area contributed by atoms with Gasteiger partial charge in [-0.3, -0.25) is 4.79 Å². The number of nitrogens with one attached hydrogen (secondary N) is 2. The smallest absolute Gasteiger partial charge is 0.244 e. The van der Waals surface area contributed by atoms with Gasteiger partial charge >= 0.3 is 0 Å². The van der Waals surface area contributed by atoms with Crippen molar-refractivity contribution in [2.45, 2.75) is 5.03 Å². The molecule has 116 valence electrons. The fraction of sp³-hybridized carbons (Fsp3) is 0.308. The summed E-state index contributed by atoms with van der Waals surface area (Å²) in [6.45, 7) is 0.552. The number of nitrogens with zero attached hydrogens (tertiary/aromatic N) is 5. The average Bonchev–Trinajstić information content (AvgIpc) is 3.03. The maximum atomic E-state index is 11.7. The Morgan fingerprint density at radius 1 is 1.36 bits per heavy atom. The van der Waals surface area contributed by atoms with E-state index in [0.29, 0.717) is 12.5 Å². The molecule has 0 saturated carbocycles. The lowest BCUT2D eigenvalue weighted by Crippen LogP contribution is -2.23. The molecule has 2 rings (SSSR count). The van der Waals surface area contributed by atoms with E-state index in [1.165, 1.54) is 17.8 Å². The minimum Gasteiger partial charge on any atom is -0.352 e. The Labute approximate surface area is 132 Å². The Bertz CT molecular complexity index is 610. The van der Waals surface area contributed by atoms with Crippen molar-refractivity contribution < 1.29 is 4.79 Å². The van der Waals surface area contributed by atoms with Gasteiger partial charge in [0.25, 0.3) is 0 Å². The lowest BCUT2D eigenvalue weighted by molar-refractivity contribution is -0.116. The molecule has 0 spiro atoms. The van der Waals surface area contributed by atoms with Gasteiger partial charge in [0.2, 0.25) is 11.9 Å². The van der Waals surface area contributed by atoms with Crippen LogP contribution in [0.25, 0.3) is 6.08 Å². The van der Waals surface area contributed by atoms with E-state index >= 15 is 0 Å². The van der Waals surface area contributed by atoms with E-state index in [4.69, 9.17) is 0 Å². The third-order valence-electron chi connectivity index (χ3n) is 2.53. The van der Waals surface area contributed by atoms with Crippen LogP contribution in [0.4, 0.5) is 5.95 Å². The minimum absolute atomic E-state index is 0.155. The number of aromatic amines is 1. The van der Waals surface area contributed by atoms with Crippen LogP contribution in [0.5, 0.6) is 0 Å². The molecule has 2 aromatic heterocycles. The summed E-state index contributed by atoms with van der Waals surface area (Å²) >= 11 is 1.52. The third kappa shape index (κ3) is 5.17. The summed E-state index contributed by atoms with van der Waals surface area (Å²) in [6, 6.07) is 0. The van der Waals surface area contributed by atoms with Gasteiger partial charge in [-0.05, 0) is 6.08 Å². The first-order valence-corrected chi connectivity index (χ1v) is 7.57. The van der Waals surface area contributed by atoms with Crippen molar-refractivity contribution >= 4 is 29.7 Å². The normalized spacial score (nSPS) is 10.8. The molecule has 0 aromatic carbocycles. The summed E-state index contributed by atoms with van der Waals surface area (Å²) in [5, 5.41) is 13.8. The number of carbonyl (C=O) groups is 1. The Balaban J connectivity index is 1.71. The molecular formula is C13H17N7OS. The van der Waals surface area contributed by atoms with E-state index in [0.717, 1.165) is 16.3 Å². The van der Waals surface area contributed by atoms with Crippen molar-refractivity contribution in [1.29, 1.82) is 0 Å². The summed E-state index contributed by atoms with van der Waals surface area (Å²) in [5.74, 6) is 1.20. The van der Waals surface area contributed by atoms with Crippen LogP contribution in [-0.4, -0.2) is 57.7 Å². The second-order valence-corrected chi connectivity index (χ2v) is 5.61. The number of anilines is 1. The highest BCUT2D eigenvalue weighted by atomic mass is 32.2. The number of carbonyl (C=O) groups excluding carboxylic acids is 1. The van der Waals surface area contributed by atoms with Gasteiger partial charge < -0.3 is 10.2 Å². The number of hydrogen-bond donors (Lipinski definition) is 2. The summed E-state index contributed by atoms with van der Waals surface area (Å²) in [6.07, 6.45) is 8.14.